The molecule has 1 atom stereocenters. The molecule has 1 unspecified atom stereocenters. The molecule has 1 spiro atoms. The first kappa shape index (κ1) is 11.0. The van der Waals surface area contributed by atoms with Crippen LogP contribution in [0.25, 0.3) is 0 Å². The first-order valence-corrected chi connectivity index (χ1v) is 6.82. The minimum atomic E-state index is 0.116. The molecule has 1 aliphatic carbocycles. The highest BCUT2D eigenvalue weighted by molar-refractivity contribution is 5.04. The summed E-state index contributed by atoms with van der Waals surface area (Å²) in [5.41, 5.74) is 6.64. The molecule has 3 heteroatoms. The maximum absolute atomic E-state index is 6.24. The van der Waals surface area contributed by atoms with E-state index in [1.54, 1.807) is 0 Å². The average Bonchev–Trinajstić information content (AvgIpc) is 2.23. The SMILES string of the molecule is CCC1(N)CN(C2CCOC3(CCC3)C2)C1. The van der Waals surface area contributed by atoms with Crippen LogP contribution in [-0.2, 0) is 4.74 Å². The third kappa shape index (κ3) is 1.69. The second-order valence-electron chi connectivity index (χ2n) is 6.15. The van der Waals surface area contributed by atoms with E-state index in [0.717, 1.165) is 32.2 Å². The van der Waals surface area contributed by atoms with Crippen LogP contribution in [0.5, 0.6) is 0 Å². The summed E-state index contributed by atoms with van der Waals surface area (Å²) >= 11 is 0. The van der Waals surface area contributed by atoms with Crippen molar-refractivity contribution in [3.05, 3.63) is 0 Å². The fourth-order valence-electron chi connectivity index (χ4n) is 3.48. The van der Waals surface area contributed by atoms with E-state index in [9.17, 15) is 0 Å². The number of hydrogen-bond donors (Lipinski definition) is 1. The molecule has 2 heterocycles. The van der Waals surface area contributed by atoms with E-state index in [0.29, 0.717) is 0 Å². The quantitative estimate of drug-likeness (QED) is 0.772. The van der Waals surface area contributed by atoms with Gasteiger partial charge in [0.15, 0.2) is 0 Å². The molecule has 2 saturated heterocycles. The van der Waals surface area contributed by atoms with Crippen molar-refractivity contribution in [1.82, 2.24) is 4.90 Å². The summed E-state index contributed by atoms with van der Waals surface area (Å²) in [5.74, 6) is 0. The molecule has 92 valence electrons. The Morgan fingerprint density at radius 3 is 2.69 bits per heavy atom. The highest BCUT2D eigenvalue weighted by atomic mass is 16.5. The number of ether oxygens (including phenoxy) is 1. The normalized spacial score (nSPS) is 36.8. The highest BCUT2D eigenvalue weighted by Gasteiger charge is 2.48. The lowest BCUT2D eigenvalue weighted by Gasteiger charge is -2.56. The van der Waals surface area contributed by atoms with Gasteiger partial charge in [-0.3, -0.25) is 4.90 Å². The van der Waals surface area contributed by atoms with E-state index in [1.165, 1.54) is 32.1 Å². The number of hydrogen-bond acceptors (Lipinski definition) is 3. The summed E-state index contributed by atoms with van der Waals surface area (Å²) in [6, 6.07) is 0.747. The van der Waals surface area contributed by atoms with Crippen LogP contribution in [0, 0.1) is 0 Å². The van der Waals surface area contributed by atoms with Gasteiger partial charge in [-0.05, 0) is 38.5 Å². The molecule has 0 aromatic heterocycles. The first-order chi connectivity index (χ1) is 7.65. The van der Waals surface area contributed by atoms with E-state index < -0.39 is 0 Å². The van der Waals surface area contributed by atoms with Gasteiger partial charge in [-0.1, -0.05) is 6.92 Å². The second kappa shape index (κ2) is 3.69. The molecule has 16 heavy (non-hydrogen) atoms. The summed E-state index contributed by atoms with van der Waals surface area (Å²) in [7, 11) is 0. The lowest BCUT2D eigenvalue weighted by molar-refractivity contribution is -0.159. The minimum absolute atomic E-state index is 0.116. The molecule has 2 aliphatic heterocycles. The van der Waals surface area contributed by atoms with Crippen molar-refractivity contribution in [2.45, 2.75) is 62.6 Å². The molecular formula is C13H24N2O. The van der Waals surface area contributed by atoms with Gasteiger partial charge in [-0.25, -0.2) is 0 Å². The predicted octanol–water partition coefficient (Wildman–Crippen LogP) is 1.51. The summed E-state index contributed by atoms with van der Waals surface area (Å²) < 4.78 is 5.97. The van der Waals surface area contributed by atoms with E-state index in [2.05, 4.69) is 11.8 Å². The van der Waals surface area contributed by atoms with Crippen molar-refractivity contribution in [2.24, 2.45) is 5.73 Å². The van der Waals surface area contributed by atoms with E-state index in [1.807, 2.05) is 0 Å². The van der Waals surface area contributed by atoms with Gasteiger partial charge in [-0.2, -0.15) is 0 Å². The summed E-state index contributed by atoms with van der Waals surface area (Å²) in [6.07, 6.45) is 7.52. The van der Waals surface area contributed by atoms with E-state index in [-0.39, 0.29) is 11.1 Å². The second-order valence-corrected chi connectivity index (χ2v) is 6.15. The molecular weight excluding hydrogens is 200 g/mol. The van der Waals surface area contributed by atoms with Crippen molar-refractivity contribution in [3.8, 4) is 0 Å². The van der Waals surface area contributed by atoms with Crippen molar-refractivity contribution in [1.29, 1.82) is 0 Å². The molecule has 0 aromatic carbocycles. The van der Waals surface area contributed by atoms with Crippen LogP contribution < -0.4 is 5.73 Å². The fraction of sp³-hybridized carbons (Fsp3) is 1.00. The van der Waals surface area contributed by atoms with Crippen molar-refractivity contribution >= 4 is 0 Å². The maximum atomic E-state index is 6.24. The first-order valence-electron chi connectivity index (χ1n) is 6.82. The van der Waals surface area contributed by atoms with Crippen LogP contribution in [0.15, 0.2) is 0 Å². The Kier molecular flexibility index (Phi) is 2.54. The zero-order chi connectivity index (χ0) is 11.2. The van der Waals surface area contributed by atoms with Gasteiger partial charge >= 0.3 is 0 Å². The van der Waals surface area contributed by atoms with Crippen LogP contribution in [0.2, 0.25) is 0 Å². The van der Waals surface area contributed by atoms with Gasteiger partial charge in [0.25, 0.3) is 0 Å². The van der Waals surface area contributed by atoms with Crippen molar-refractivity contribution in [3.63, 3.8) is 0 Å². The van der Waals surface area contributed by atoms with E-state index in [4.69, 9.17) is 10.5 Å². The third-order valence-electron chi connectivity index (χ3n) is 4.99. The zero-order valence-corrected chi connectivity index (χ0v) is 10.4. The largest absolute Gasteiger partial charge is 0.375 e. The molecule has 0 bridgehead atoms. The van der Waals surface area contributed by atoms with Crippen LogP contribution in [0.3, 0.4) is 0 Å². The molecule has 0 aromatic rings. The molecule has 2 N–H and O–H groups in total. The van der Waals surface area contributed by atoms with Gasteiger partial charge in [0.1, 0.15) is 0 Å². The Labute approximate surface area is 98.3 Å². The van der Waals surface area contributed by atoms with E-state index >= 15 is 0 Å². The topological polar surface area (TPSA) is 38.5 Å². The van der Waals surface area contributed by atoms with Gasteiger partial charge in [0.2, 0.25) is 0 Å². The third-order valence-corrected chi connectivity index (χ3v) is 4.99. The molecule has 3 nitrogen and oxygen atoms in total. The minimum Gasteiger partial charge on any atom is -0.375 e. The Morgan fingerprint density at radius 2 is 2.12 bits per heavy atom. The summed E-state index contributed by atoms with van der Waals surface area (Å²) in [4.78, 5) is 2.59. The monoisotopic (exact) mass is 224 g/mol. The van der Waals surface area contributed by atoms with Crippen LogP contribution in [0.4, 0.5) is 0 Å². The Bertz CT molecular complexity index is 269. The highest BCUT2D eigenvalue weighted by Crippen LogP contribution is 2.44. The zero-order valence-electron chi connectivity index (χ0n) is 10.4. The Morgan fingerprint density at radius 1 is 1.38 bits per heavy atom. The van der Waals surface area contributed by atoms with Gasteiger partial charge < -0.3 is 10.5 Å². The van der Waals surface area contributed by atoms with Crippen LogP contribution >= 0.6 is 0 Å². The number of likely N-dealkylation sites (tertiary alicyclic amines) is 1. The predicted molar refractivity (Wildman–Crippen MR) is 64.3 cm³/mol. The maximum Gasteiger partial charge on any atom is 0.0697 e. The Balaban J connectivity index is 1.56. The van der Waals surface area contributed by atoms with Crippen molar-refractivity contribution in [2.75, 3.05) is 19.7 Å². The summed E-state index contributed by atoms with van der Waals surface area (Å²) in [5, 5.41) is 0. The van der Waals surface area contributed by atoms with Crippen LogP contribution in [0.1, 0.15) is 45.4 Å². The standard InChI is InChI=1S/C13H24N2O/c1-2-12(14)9-15(10-12)11-4-7-16-13(8-11)5-3-6-13/h11H,2-10,14H2,1H3. The molecule has 1 saturated carbocycles. The molecule has 3 fully saturated rings. The number of nitrogens with zero attached hydrogens (tertiary/aromatic N) is 1. The molecule has 3 rings (SSSR count). The van der Waals surface area contributed by atoms with Gasteiger partial charge in [-0.15, -0.1) is 0 Å². The molecule has 0 amide bonds. The smallest absolute Gasteiger partial charge is 0.0697 e. The van der Waals surface area contributed by atoms with Gasteiger partial charge in [0.05, 0.1) is 5.60 Å². The Hall–Kier alpha value is -0.120. The average molecular weight is 224 g/mol. The number of rotatable bonds is 2. The molecule has 0 radical (unpaired) electrons. The number of nitrogens with two attached hydrogens (primary N) is 1. The fourth-order valence-corrected chi connectivity index (χ4v) is 3.48. The lowest BCUT2D eigenvalue weighted by atomic mass is 9.72. The van der Waals surface area contributed by atoms with Gasteiger partial charge in [0, 0.05) is 31.3 Å². The van der Waals surface area contributed by atoms with Crippen molar-refractivity contribution < 1.29 is 4.74 Å². The lowest BCUT2D eigenvalue weighted by Crippen LogP contribution is -2.70. The molecule has 3 aliphatic rings. The van der Waals surface area contributed by atoms with Crippen LogP contribution in [-0.4, -0.2) is 41.8 Å². The summed E-state index contributed by atoms with van der Waals surface area (Å²) in [6.45, 7) is 5.37.